The Labute approximate surface area is 134 Å². The van der Waals surface area contributed by atoms with Crippen molar-refractivity contribution in [3.8, 4) is 0 Å². The summed E-state index contributed by atoms with van der Waals surface area (Å²) in [6.45, 7) is 3.91. The van der Waals surface area contributed by atoms with Gasteiger partial charge in [-0.1, -0.05) is 26.2 Å². The molecular formula is C18H30N2O2. The van der Waals surface area contributed by atoms with Crippen molar-refractivity contribution in [3.05, 3.63) is 0 Å². The van der Waals surface area contributed by atoms with E-state index in [4.69, 9.17) is 0 Å². The lowest BCUT2D eigenvalue weighted by Gasteiger charge is -2.38. The van der Waals surface area contributed by atoms with Gasteiger partial charge in [-0.3, -0.25) is 9.59 Å². The van der Waals surface area contributed by atoms with Crippen LogP contribution in [0.25, 0.3) is 0 Å². The van der Waals surface area contributed by atoms with Gasteiger partial charge in [0.1, 0.15) is 0 Å². The molecule has 124 valence electrons. The Morgan fingerprint density at radius 2 is 1.77 bits per heavy atom. The molecule has 0 aromatic carbocycles. The van der Waals surface area contributed by atoms with Crippen LogP contribution >= 0.6 is 0 Å². The van der Waals surface area contributed by atoms with E-state index >= 15 is 0 Å². The third-order valence-corrected chi connectivity index (χ3v) is 5.82. The molecule has 22 heavy (non-hydrogen) atoms. The minimum atomic E-state index is 0.234. The normalized spacial score (nSPS) is 29.6. The summed E-state index contributed by atoms with van der Waals surface area (Å²) in [6, 6.07) is 0.420. The Morgan fingerprint density at radius 1 is 1.05 bits per heavy atom. The van der Waals surface area contributed by atoms with Crippen LogP contribution in [0.3, 0.4) is 0 Å². The number of nitrogens with zero attached hydrogens (tertiary/aromatic N) is 1. The van der Waals surface area contributed by atoms with Crippen LogP contribution in [0.5, 0.6) is 0 Å². The molecule has 1 N–H and O–H groups in total. The van der Waals surface area contributed by atoms with Gasteiger partial charge in [-0.05, 0) is 43.9 Å². The molecule has 0 spiro atoms. The number of carbonyl (C=O) groups excluding carboxylic acids is 2. The van der Waals surface area contributed by atoms with Crippen LogP contribution in [0, 0.1) is 17.8 Å². The highest BCUT2D eigenvalue weighted by Gasteiger charge is 2.38. The van der Waals surface area contributed by atoms with Gasteiger partial charge in [-0.2, -0.15) is 0 Å². The lowest BCUT2D eigenvalue weighted by molar-refractivity contribution is -0.135. The molecule has 4 heteroatoms. The summed E-state index contributed by atoms with van der Waals surface area (Å²) < 4.78 is 0. The number of likely N-dealkylation sites (tertiary alicyclic amines) is 1. The monoisotopic (exact) mass is 306 g/mol. The first kappa shape index (κ1) is 15.8. The van der Waals surface area contributed by atoms with E-state index in [-0.39, 0.29) is 5.91 Å². The molecule has 2 amide bonds. The summed E-state index contributed by atoms with van der Waals surface area (Å²) >= 11 is 0. The first-order valence-corrected chi connectivity index (χ1v) is 9.25. The minimum absolute atomic E-state index is 0.234. The number of carbonyl (C=O) groups is 2. The van der Waals surface area contributed by atoms with Gasteiger partial charge in [-0.15, -0.1) is 0 Å². The van der Waals surface area contributed by atoms with E-state index in [1.807, 2.05) is 0 Å². The third kappa shape index (κ3) is 3.82. The van der Waals surface area contributed by atoms with Crippen molar-refractivity contribution in [1.82, 2.24) is 10.2 Å². The molecule has 1 aliphatic heterocycles. The second-order valence-corrected chi connectivity index (χ2v) is 7.53. The fourth-order valence-electron chi connectivity index (χ4n) is 4.20. The first-order chi connectivity index (χ1) is 10.7. The number of nitrogens with one attached hydrogen (secondary N) is 1. The first-order valence-electron chi connectivity index (χ1n) is 9.25. The van der Waals surface area contributed by atoms with Gasteiger partial charge in [0.15, 0.2) is 0 Å². The van der Waals surface area contributed by atoms with Gasteiger partial charge in [-0.25, -0.2) is 0 Å². The lowest BCUT2D eigenvalue weighted by Crippen LogP contribution is -2.45. The van der Waals surface area contributed by atoms with Crippen LogP contribution in [0.4, 0.5) is 0 Å². The molecule has 1 saturated heterocycles. The summed E-state index contributed by atoms with van der Waals surface area (Å²) in [6.07, 6.45) is 9.69. The fourth-order valence-corrected chi connectivity index (χ4v) is 4.20. The van der Waals surface area contributed by atoms with Gasteiger partial charge in [0.05, 0.1) is 0 Å². The van der Waals surface area contributed by atoms with Crippen molar-refractivity contribution in [3.63, 3.8) is 0 Å². The van der Waals surface area contributed by atoms with Crippen molar-refractivity contribution in [1.29, 1.82) is 0 Å². The Balaban J connectivity index is 1.48. The molecular weight excluding hydrogens is 276 g/mol. The maximum absolute atomic E-state index is 12.3. The molecule has 3 fully saturated rings. The van der Waals surface area contributed by atoms with Crippen molar-refractivity contribution < 1.29 is 9.59 Å². The third-order valence-electron chi connectivity index (χ3n) is 5.82. The maximum Gasteiger partial charge on any atom is 0.225 e. The predicted octanol–water partition coefficient (Wildman–Crippen LogP) is 2.72. The summed E-state index contributed by atoms with van der Waals surface area (Å²) in [5.41, 5.74) is 0. The van der Waals surface area contributed by atoms with Gasteiger partial charge < -0.3 is 10.2 Å². The molecule has 0 unspecified atom stereocenters. The lowest BCUT2D eigenvalue weighted by atomic mass is 9.81. The van der Waals surface area contributed by atoms with Gasteiger partial charge in [0.25, 0.3) is 0 Å². The summed E-state index contributed by atoms with van der Waals surface area (Å²) in [5, 5.41) is 3.21. The summed E-state index contributed by atoms with van der Waals surface area (Å²) in [7, 11) is 0. The van der Waals surface area contributed by atoms with E-state index in [0.29, 0.717) is 36.1 Å². The molecule has 0 bridgehead atoms. The topological polar surface area (TPSA) is 49.4 Å². The standard InChI is InChI=1S/C18H30N2O2/c1-2-13-12-20(18(22)14-7-8-14)10-9-15(13)11-17(21)19-16-5-3-4-6-16/h13-16H,2-12H2,1H3,(H,19,21)/t13-,15-/m0/s1. The van der Waals surface area contributed by atoms with Crippen molar-refractivity contribution in [2.75, 3.05) is 13.1 Å². The van der Waals surface area contributed by atoms with Crippen LogP contribution in [-0.2, 0) is 9.59 Å². The molecule has 2 aliphatic carbocycles. The van der Waals surface area contributed by atoms with Crippen molar-refractivity contribution >= 4 is 11.8 Å². The second kappa shape index (κ2) is 7.01. The van der Waals surface area contributed by atoms with Crippen LogP contribution in [0.15, 0.2) is 0 Å². The Bertz CT molecular complexity index is 413. The number of hydrogen-bond acceptors (Lipinski definition) is 2. The van der Waals surface area contributed by atoms with E-state index in [1.165, 1.54) is 12.8 Å². The molecule has 3 aliphatic rings. The SMILES string of the molecule is CC[C@H]1CN(C(=O)C2CC2)CC[C@H]1CC(=O)NC1CCCC1. The number of hydrogen-bond donors (Lipinski definition) is 1. The number of amides is 2. The number of piperidine rings is 1. The van der Waals surface area contributed by atoms with Crippen molar-refractivity contribution in [2.24, 2.45) is 17.8 Å². The Hall–Kier alpha value is -1.06. The van der Waals surface area contributed by atoms with Crippen LogP contribution in [0.2, 0.25) is 0 Å². The zero-order valence-electron chi connectivity index (χ0n) is 13.9. The summed E-state index contributed by atoms with van der Waals surface area (Å²) in [5.74, 6) is 1.87. The van der Waals surface area contributed by atoms with E-state index in [0.717, 1.165) is 51.6 Å². The minimum Gasteiger partial charge on any atom is -0.353 e. The Kier molecular flexibility index (Phi) is 5.04. The second-order valence-electron chi connectivity index (χ2n) is 7.53. The summed E-state index contributed by atoms with van der Waals surface area (Å²) in [4.78, 5) is 26.6. The highest BCUT2D eigenvalue weighted by atomic mass is 16.2. The van der Waals surface area contributed by atoms with Gasteiger partial charge in [0.2, 0.25) is 11.8 Å². The average molecular weight is 306 g/mol. The van der Waals surface area contributed by atoms with Gasteiger partial charge >= 0.3 is 0 Å². The molecule has 4 nitrogen and oxygen atoms in total. The largest absolute Gasteiger partial charge is 0.353 e. The highest BCUT2D eigenvalue weighted by Crippen LogP contribution is 2.35. The van der Waals surface area contributed by atoms with Crippen molar-refractivity contribution in [2.45, 2.75) is 70.8 Å². The molecule has 0 aromatic heterocycles. The molecule has 3 rings (SSSR count). The Morgan fingerprint density at radius 3 is 2.41 bits per heavy atom. The molecule has 1 heterocycles. The molecule has 2 atom stereocenters. The molecule has 0 aromatic rings. The zero-order valence-corrected chi connectivity index (χ0v) is 13.9. The maximum atomic E-state index is 12.3. The van der Waals surface area contributed by atoms with E-state index < -0.39 is 0 Å². The van der Waals surface area contributed by atoms with E-state index in [1.54, 1.807) is 0 Å². The smallest absolute Gasteiger partial charge is 0.225 e. The van der Waals surface area contributed by atoms with Crippen LogP contribution in [0.1, 0.15) is 64.7 Å². The average Bonchev–Trinajstić information content (AvgIpc) is 3.25. The van der Waals surface area contributed by atoms with E-state index in [9.17, 15) is 9.59 Å². The molecule has 2 saturated carbocycles. The van der Waals surface area contributed by atoms with Gasteiger partial charge in [0, 0.05) is 31.5 Å². The highest BCUT2D eigenvalue weighted by molar-refractivity contribution is 5.81. The van der Waals surface area contributed by atoms with Crippen LogP contribution in [-0.4, -0.2) is 35.8 Å². The predicted molar refractivity (Wildman–Crippen MR) is 86.2 cm³/mol. The molecule has 0 radical (unpaired) electrons. The fraction of sp³-hybridized carbons (Fsp3) is 0.889. The quantitative estimate of drug-likeness (QED) is 0.849. The zero-order chi connectivity index (χ0) is 15.5. The van der Waals surface area contributed by atoms with E-state index in [2.05, 4.69) is 17.1 Å². The number of rotatable bonds is 5. The van der Waals surface area contributed by atoms with Crippen LogP contribution < -0.4 is 5.32 Å².